The molecular formula is C28H34N4O2. The Bertz CT molecular complexity index is 1170. The Kier molecular flexibility index (Phi) is 7.74. The van der Waals surface area contributed by atoms with Crippen LogP contribution in [0, 0.1) is 5.92 Å². The van der Waals surface area contributed by atoms with Crippen molar-refractivity contribution in [1.82, 2.24) is 9.97 Å². The zero-order valence-electron chi connectivity index (χ0n) is 20.5. The molecule has 0 saturated heterocycles. The number of nitrogens with two attached hydrogens (primary N) is 2. The number of aliphatic hydroxyl groups excluding tert-OH is 1. The molecule has 1 aromatic carbocycles. The van der Waals surface area contributed by atoms with Gasteiger partial charge < -0.3 is 21.3 Å². The van der Waals surface area contributed by atoms with Gasteiger partial charge in [0.05, 0.1) is 25.1 Å². The fourth-order valence-corrected chi connectivity index (χ4v) is 3.77. The number of hydrogen-bond acceptors (Lipinski definition) is 6. The van der Waals surface area contributed by atoms with Gasteiger partial charge in [-0.25, -0.2) is 0 Å². The van der Waals surface area contributed by atoms with Gasteiger partial charge in [-0.15, -0.1) is 0 Å². The van der Waals surface area contributed by atoms with Gasteiger partial charge >= 0.3 is 0 Å². The molecule has 178 valence electrons. The monoisotopic (exact) mass is 458 g/mol. The van der Waals surface area contributed by atoms with Crippen molar-refractivity contribution < 1.29 is 9.84 Å². The van der Waals surface area contributed by atoms with Gasteiger partial charge in [0, 0.05) is 40.3 Å². The summed E-state index contributed by atoms with van der Waals surface area (Å²) in [6, 6.07) is 14.5. The second-order valence-electron chi connectivity index (χ2n) is 8.94. The molecule has 0 aliphatic carbocycles. The number of rotatable bonds is 8. The predicted molar refractivity (Wildman–Crippen MR) is 138 cm³/mol. The van der Waals surface area contributed by atoms with Crippen LogP contribution in [0.3, 0.4) is 0 Å². The molecule has 3 aromatic rings. The first-order valence-electron chi connectivity index (χ1n) is 11.3. The molecule has 0 aliphatic rings. The van der Waals surface area contributed by atoms with E-state index >= 15 is 0 Å². The van der Waals surface area contributed by atoms with Crippen molar-refractivity contribution in [3.05, 3.63) is 95.7 Å². The number of aromatic nitrogens is 2. The third-order valence-electron chi connectivity index (χ3n) is 6.49. The van der Waals surface area contributed by atoms with Crippen LogP contribution in [-0.2, 0) is 5.41 Å². The number of benzene rings is 1. The van der Waals surface area contributed by atoms with Crippen LogP contribution in [-0.4, -0.2) is 28.3 Å². The summed E-state index contributed by atoms with van der Waals surface area (Å²) in [5.41, 5.74) is 17.6. The minimum Gasteiger partial charge on any atom is -0.495 e. The van der Waals surface area contributed by atoms with Crippen LogP contribution in [0.1, 0.15) is 44.5 Å². The first kappa shape index (κ1) is 25.0. The van der Waals surface area contributed by atoms with Gasteiger partial charge in [-0.2, -0.15) is 0 Å². The van der Waals surface area contributed by atoms with E-state index in [2.05, 4.69) is 50.0 Å². The largest absolute Gasteiger partial charge is 0.495 e. The molecule has 6 nitrogen and oxygen atoms in total. The number of methoxy groups -OCH3 is 1. The van der Waals surface area contributed by atoms with Gasteiger partial charge in [0.15, 0.2) is 0 Å². The highest BCUT2D eigenvalue weighted by molar-refractivity contribution is 5.65. The summed E-state index contributed by atoms with van der Waals surface area (Å²) in [5, 5.41) is 9.51. The van der Waals surface area contributed by atoms with Gasteiger partial charge in [0.25, 0.3) is 0 Å². The van der Waals surface area contributed by atoms with Crippen molar-refractivity contribution >= 4 is 5.70 Å². The second kappa shape index (κ2) is 10.5. The number of allylic oxidation sites excluding steroid dienone is 2. The molecule has 34 heavy (non-hydrogen) atoms. The lowest BCUT2D eigenvalue weighted by molar-refractivity contribution is 0.230. The van der Waals surface area contributed by atoms with Crippen LogP contribution in [0.5, 0.6) is 5.75 Å². The number of pyridine rings is 2. The Morgan fingerprint density at radius 3 is 2.24 bits per heavy atom. The van der Waals surface area contributed by atoms with Crippen molar-refractivity contribution in [1.29, 1.82) is 0 Å². The summed E-state index contributed by atoms with van der Waals surface area (Å²) in [7, 11) is 1.64. The maximum absolute atomic E-state index is 9.51. The minimum atomic E-state index is -0.720. The number of nitrogens with zero attached hydrogens (tertiary/aromatic N) is 2. The molecule has 6 heteroatoms. The maximum atomic E-state index is 9.51. The fraction of sp³-hybridized carbons (Fsp3) is 0.286. The lowest BCUT2D eigenvalue weighted by Gasteiger charge is -2.34. The molecule has 2 aromatic heterocycles. The Morgan fingerprint density at radius 2 is 1.68 bits per heavy atom. The van der Waals surface area contributed by atoms with Crippen LogP contribution in [0.15, 0.2) is 78.9 Å². The molecule has 3 rings (SSSR count). The molecule has 0 radical (unpaired) electrons. The van der Waals surface area contributed by atoms with E-state index in [1.54, 1.807) is 38.6 Å². The summed E-state index contributed by atoms with van der Waals surface area (Å²) in [6.45, 7) is 8.23. The predicted octanol–water partition coefficient (Wildman–Crippen LogP) is 4.64. The summed E-state index contributed by atoms with van der Waals surface area (Å²) >= 11 is 0. The minimum absolute atomic E-state index is 0.293. The van der Waals surface area contributed by atoms with Crippen LogP contribution >= 0.6 is 0 Å². The van der Waals surface area contributed by atoms with Crippen molar-refractivity contribution in [3.63, 3.8) is 0 Å². The summed E-state index contributed by atoms with van der Waals surface area (Å²) < 4.78 is 5.30. The van der Waals surface area contributed by atoms with Crippen molar-refractivity contribution in [2.24, 2.45) is 17.4 Å². The fourth-order valence-electron chi connectivity index (χ4n) is 3.77. The topological polar surface area (TPSA) is 107 Å². The lowest BCUT2D eigenvalue weighted by Crippen LogP contribution is -2.31. The maximum Gasteiger partial charge on any atom is 0.137 e. The first-order valence-corrected chi connectivity index (χ1v) is 11.3. The van der Waals surface area contributed by atoms with Crippen LogP contribution in [0.2, 0.25) is 0 Å². The van der Waals surface area contributed by atoms with Crippen molar-refractivity contribution in [3.8, 4) is 16.9 Å². The molecule has 0 spiro atoms. The molecule has 0 aliphatic heterocycles. The number of ether oxygens (including phenoxy) is 1. The van der Waals surface area contributed by atoms with Gasteiger partial charge in [-0.05, 0) is 61.2 Å². The highest BCUT2D eigenvalue weighted by Crippen LogP contribution is 2.39. The second-order valence-corrected chi connectivity index (χ2v) is 8.94. The third-order valence-corrected chi connectivity index (χ3v) is 6.49. The van der Waals surface area contributed by atoms with E-state index in [0.717, 1.165) is 28.1 Å². The normalized spacial score (nSPS) is 15.1. The molecular weight excluding hydrogens is 424 g/mol. The van der Waals surface area contributed by atoms with Crippen molar-refractivity contribution in [2.75, 3.05) is 7.11 Å². The van der Waals surface area contributed by atoms with E-state index in [9.17, 15) is 5.11 Å². The van der Waals surface area contributed by atoms with Gasteiger partial charge in [0.1, 0.15) is 5.75 Å². The van der Waals surface area contributed by atoms with Crippen LogP contribution in [0.25, 0.3) is 16.8 Å². The standard InChI is InChI=1S/C28H34N4O2/c1-18(2)28(4,23-9-6-20(7-10-23)22-14-24(34-5)17-31-15-22)27-13-8-21(16-32-27)26(30)12-11-25(29)19(3)33/h6-19,33H,29-30H2,1-5H3/b25-11-,26-12-. The van der Waals surface area contributed by atoms with Gasteiger partial charge in [-0.1, -0.05) is 38.1 Å². The summed E-state index contributed by atoms with van der Waals surface area (Å²) in [4.78, 5) is 9.05. The summed E-state index contributed by atoms with van der Waals surface area (Å²) in [5.74, 6) is 1.03. The van der Waals surface area contributed by atoms with E-state index < -0.39 is 6.10 Å². The average molecular weight is 459 g/mol. The Morgan fingerprint density at radius 1 is 0.971 bits per heavy atom. The van der Waals surface area contributed by atoms with Gasteiger partial charge in [0.2, 0.25) is 0 Å². The Hall–Kier alpha value is -3.64. The molecule has 0 fully saturated rings. The Labute approximate surface area is 202 Å². The van der Waals surface area contributed by atoms with Crippen LogP contribution in [0.4, 0.5) is 0 Å². The smallest absolute Gasteiger partial charge is 0.137 e. The van der Waals surface area contributed by atoms with E-state index in [-0.39, 0.29) is 5.41 Å². The SMILES string of the molecule is COc1cncc(-c2ccc(C(C)(c3ccc(/C(N)=C/C=C(\N)C(C)O)cn3)C(C)C)cc2)c1. The first-order chi connectivity index (χ1) is 16.2. The van der Waals surface area contributed by atoms with Gasteiger partial charge in [-0.3, -0.25) is 9.97 Å². The number of aliphatic hydroxyl groups is 1. The van der Waals surface area contributed by atoms with Crippen molar-refractivity contribution in [2.45, 2.75) is 39.2 Å². The van der Waals surface area contributed by atoms with E-state index in [1.165, 1.54) is 5.56 Å². The number of hydrogen-bond donors (Lipinski definition) is 3. The summed E-state index contributed by atoms with van der Waals surface area (Å²) in [6.07, 6.45) is 7.90. The van der Waals surface area contributed by atoms with E-state index in [1.807, 2.05) is 24.4 Å². The molecule has 0 saturated carbocycles. The molecule has 2 atom stereocenters. The van der Waals surface area contributed by atoms with E-state index in [0.29, 0.717) is 17.3 Å². The van der Waals surface area contributed by atoms with Crippen LogP contribution < -0.4 is 16.2 Å². The van der Waals surface area contributed by atoms with E-state index in [4.69, 9.17) is 21.2 Å². The molecule has 0 amide bonds. The zero-order chi connectivity index (χ0) is 24.9. The molecule has 0 bridgehead atoms. The molecule has 5 N–H and O–H groups in total. The molecule has 2 unspecified atom stereocenters. The quantitative estimate of drug-likeness (QED) is 0.425. The Balaban J connectivity index is 1.91. The average Bonchev–Trinajstić information content (AvgIpc) is 2.86. The zero-order valence-corrected chi connectivity index (χ0v) is 20.5. The highest BCUT2D eigenvalue weighted by atomic mass is 16.5. The molecule has 2 heterocycles. The lowest BCUT2D eigenvalue weighted by atomic mass is 9.70. The highest BCUT2D eigenvalue weighted by Gasteiger charge is 2.34. The third kappa shape index (κ3) is 5.29.